The summed E-state index contributed by atoms with van der Waals surface area (Å²) in [5.41, 5.74) is 1.86. The summed E-state index contributed by atoms with van der Waals surface area (Å²) in [6.45, 7) is 2.68. The van der Waals surface area contributed by atoms with Crippen LogP contribution in [0.2, 0.25) is 0 Å². The lowest BCUT2D eigenvalue weighted by Crippen LogP contribution is -2.23. The fraction of sp³-hybridized carbons (Fsp3) is 0.389. The van der Waals surface area contributed by atoms with Gasteiger partial charge in [-0.25, -0.2) is 4.98 Å². The van der Waals surface area contributed by atoms with Gasteiger partial charge in [-0.15, -0.1) is 11.3 Å². The lowest BCUT2D eigenvalue weighted by Gasteiger charge is -2.11. The number of aromatic amines is 1. The van der Waals surface area contributed by atoms with Crippen LogP contribution in [-0.2, 0) is 19.4 Å². The summed E-state index contributed by atoms with van der Waals surface area (Å²) in [6, 6.07) is 3.57. The van der Waals surface area contributed by atoms with Gasteiger partial charge in [-0.1, -0.05) is 18.7 Å². The van der Waals surface area contributed by atoms with Gasteiger partial charge in [0, 0.05) is 17.6 Å². The third-order valence-corrected chi connectivity index (χ3v) is 6.63. The van der Waals surface area contributed by atoms with E-state index in [0.29, 0.717) is 17.4 Å². The van der Waals surface area contributed by atoms with Crippen molar-refractivity contribution in [2.24, 2.45) is 0 Å². The number of fused-ring (bicyclic) bond motifs is 3. The van der Waals surface area contributed by atoms with Gasteiger partial charge >= 0.3 is 0 Å². The van der Waals surface area contributed by atoms with E-state index in [1.165, 1.54) is 22.2 Å². The van der Waals surface area contributed by atoms with Crippen LogP contribution in [0.1, 0.15) is 40.7 Å². The lowest BCUT2D eigenvalue weighted by atomic mass is 10.2. The van der Waals surface area contributed by atoms with Gasteiger partial charge in [0.05, 0.1) is 16.8 Å². The number of carbonyl (C=O) groups excluding carboxylic acids is 1. The molecule has 0 aromatic carbocycles. The minimum Gasteiger partial charge on any atom is -0.359 e. The van der Waals surface area contributed by atoms with Gasteiger partial charge in [0.2, 0.25) is 0 Å². The Morgan fingerprint density at radius 2 is 2.32 bits per heavy atom. The number of thioether (sulfide) groups is 1. The molecule has 0 saturated heterocycles. The van der Waals surface area contributed by atoms with E-state index in [1.54, 1.807) is 28.2 Å². The number of nitrogens with one attached hydrogen (secondary N) is 1. The summed E-state index contributed by atoms with van der Waals surface area (Å²) in [5, 5.41) is 1.46. The molecule has 1 aliphatic carbocycles. The molecular weight excluding hydrogens is 354 g/mol. The maximum absolute atomic E-state index is 13.1. The second kappa shape index (κ2) is 6.80. The van der Waals surface area contributed by atoms with Crippen molar-refractivity contribution in [3.05, 3.63) is 44.8 Å². The van der Waals surface area contributed by atoms with Crippen molar-refractivity contribution in [2.75, 3.05) is 5.75 Å². The number of H-pyrrole nitrogens is 1. The average Bonchev–Trinajstić information content (AvgIpc) is 3.31. The quantitative estimate of drug-likeness (QED) is 0.407. The molecule has 3 aromatic heterocycles. The summed E-state index contributed by atoms with van der Waals surface area (Å²) in [5.74, 6) is 0.286. The topological polar surface area (TPSA) is 67.8 Å². The largest absolute Gasteiger partial charge is 0.359 e. The molecule has 1 N–H and O–H groups in total. The molecule has 0 saturated carbocycles. The zero-order valence-corrected chi connectivity index (χ0v) is 15.6. The highest BCUT2D eigenvalue weighted by molar-refractivity contribution is 7.99. The Morgan fingerprint density at radius 1 is 1.44 bits per heavy atom. The van der Waals surface area contributed by atoms with Gasteiger partial charge in [0.15, 0.2) is 10.9 Å². The number of hydrogen-bond donors (Lipinski definition) is 1. The number of Topliss-reactive ketones (excluding diaryl/α,β-unsaturated/α-hetero) is 1. The van der Waals surface area contributed by atoms with Crippen molar-refractivity contribution < 1.29 is 4.79 Å². The summed E-state index contributed by atoms with van der Waals surface area (Å²) in [7, 11) is 0. The van der Waals surface area contributed by atoms with Crippen molar-refractivity contribution >= 4 is 39.1 Å². The number of ketones is 1. The van der Waals surface area contributed by atoms with Crippen molar-refractivity contribution in [2.45, 2.75) is 44.3 Å². The van der Waals surface area contributed by atoms with E-state index in [-0.39, 0.29) is 17.1 Å². The fourth-order valence-electron chi connectivity index (χ4n) is 3.30. The Bertz CT molecular complexity index is 986. The lowest BCUT2D eigenvalue weighted by molar-refractivity contribution is 0.101. The first-order chi connectivity index (χ1) is 12.2. The van der Waals surface area contributed by atoms with Crippen LogP contribution in [0.15, 0.2) is 28.3 Å². The molecular formula is C18H19N3O2S2. The predicted octanol–water partition coefficient (Wildman–Crippen LogP) is 3.66. The molecule has 0 radical (unpaired) electrons. The van der Waals surface area contributed by atoms with Crippen LogP contribution in [0.4, 0.5) is 0 Å². The predicted molar refractivity (Wildman–Crippen MR) is 102 cm³/mol. The van der Waals surface area contributed by atoms with E-state index >= 15 is 0 Å². The second-order valence-corrected chi connectivity index (χ2v) is 8.21. The fourth-order valence-corrected chi connectivity index (χ4v) is 5.51. The Balaban J connectivity index is 1.71. The molecule has 130 valence electrons. The zero-order valence-electron chi connectivity index (χ0n) is 14.0. The van der Waals surface area contributed by atoms with Crippen LogP contribution < -0.4 is 5.56 Å². The third-order valence-electron chi connectivity index (χ3n) is 4.47. The Morgan fingerprint density at radius 3 is 3.08 bits per heavy atom. The highest BCUT2D eigenvalue weighted by Crippen LogP contribution is 2.35. The maximum atomic E-state index is 13.1. The van der Waals surface area contributed by atoms with Gasteiger partial charge < -0.3 is 4.98 Å². The van der Waals surface area contributed by atoms with Crippen molar-refractivity contribution in [3.63, 3.8) is 0 Å². The Labute approximate surface area is 153 Å². The number of hydrogen-bond acceptors (Lipinski definition) is 5. The molecule has 4 rings (SSSR count). The normalized spacial score (nSPS) is 13.5. The first-order valence-corrected chi connectivity index (χ1v) is 10.3. The van der Waals surface area contributed by atoms with Crippen molar-refractivity contribution in [1.29, 1.82) is 0 Å². The molecule has 1 aliphatic rings. The molecule has 7 heteroatoms. The van der Waals surface area contributed by atoms with E-state index < -0.39 is 0 Å². The first-order valence-electron chi connectivity index (χ1n) is 8.53. The van der Waals surface area contributed by atoms with Gasteiger partial charge in [-0.3, -0.25) is 14.2 Å². The summed E-state index contributed by atoms with van der Waals surface area (Å²) < 4.78 is 1.75. The molecule has 0 aliphatic heterocycles. The van der Waals surface area contributed by atoms with E-state index in [9.17, 15) is 9.59 Å². The van der Waals surface area contributed by atoms with Crippen LogP contribution in [0.3, 0.4) is 0 Å². The van der Waals surface area contributed by atoms with Crippen LogP contribution in [0.5, 0.6) is 0 Å². The standard InChI is InChI=1S/C18H19N3O2S2/c1-2-9-21-17(23)15-11-5-3-7-14(11)25-16(15)20-18(21)24-10-13(22)12-6-4-8-19-12/h4,6,8,19H,2-3,5,7,9-10H2,1H3. The minimum atomic E-state index is 0.0149. The van der Waals surface area contributed by atoms with Crippen molar-refractivity contribution in [1.82, 2.24) is 14.5 Å². The molecule has 3 heterocycles. The Hall–Kier alpha value is -1.86. The van der Waals surface area contributed by atoms with Crippen molar-refractivity contribution in [3.8, 4) is 0 Å². The number of rotatable bonds is 6. The van der Waals surface area contributed by atoms with Gasteiger partial charge in [0.25, 0.3) is 5.56 Å². The van der Waals surface area contributed by atoms with Gasteiger partial charge in [-0.2, -0.15) is 0 Å². The van der Waals surface area contributed by atoms with Gasteiger partial charge in [-0.05, 0) is 43.4 Å². The number of carbonyl (C=O) groups is 1. The van der Waals surface area contributed by atoms with E-state index in [1.807, 2.05) is 13.0 Å². The second-order valence-electron chi connectivity index (χ2n) is 6.18. The third kappa shape index (κ3) is 2.95. The molecule has 3 aromatic rings. The minimum absolute atomic E-state index is 0.0149. The molecule has 0 spiro atoms. The summed E-state index contributed by atoms with van der Waals surface area (Å²) in [6.07, 6.45) is 5.76. The highest BCUT2D eigenvalue weighted by atomic mass is 32.2. The van der Waals surface area contributed by atoms with Crippen LogP contribution >= 0.6 is 23.1 Å². The van der Waals surface area contributed by atoms with Crippen LogP contribution in [-0.4, -0.2) is 26.1 Å². The molecule has 0 amide bonds. The van der Waals surface area contributed by atoms with E-state index in [0.717, 1.165) is 35.9 Å². The molecule has 25 heavy (non-hydrogen) atoms. The highest BCUT2D eigenvalue weighted by Gasteiger charge is 2.23. The van der Waals surface area contributed by atoms with E-state index in [2.05, 4.69) is 4.98 Å². The number of aryl methyl sites for hydroxylation is 2. The zero-order chi connectivity index (χ0) is 17.4. The molecule has 0 atom stereocenters. The molecule has 0 bridgehead atoms. The summed E-state index contributed by atoms with van der Waals surface area (Å²) >= 11 is 3.00. The van der Waals surface area contributed by atoms with Crippen LogP contribution in [0.25, 0.3) is 10.2 Å². The smallest absolute Gasteiger partial charge is 0.263 e. The average molecular weight is 374 g/mol. The summed E-state index contributed by atoms with van der Waals surface area (Å²) in [4.78, 5) is 35.1. The number of aromatic nitrogens is 3. The first kappa shape index (κ1) is 16.6. The van der Waals surface area contributed by atoms with E-state index in [4.69, 9.17) is 4.98 Å². The molecule has 0 fully saturated rings. The Kier molecular flexibility index (Phi) is 4.52. The SMILES string of the molecule is CCCn1c(SCC(=O)c2ccc[nH]2)nc2sc3c(c2c1=O)CCC3. The molecule has 0 unspecified atom stereocenters. The monoisotopic (exact) mass is 373 g/mol. The number of thiophene rings is 1. The maximum Gasteiger partial charge on any atom is 0.263 e. The number of nitrogens with zero attached hydrogens (tertiary/aromatic N) is 2. The molecule has 5 nitrogen and oxygen atoms in total. The van der Waals surface area contributed by atoms with Crippen LogP contribution in [0, 0.1) is 0 Å². The van der Waals surface area contributed by atoms with Gasteiger partial charge in [0.1, 0.15) is 4.83 Å².